The van der Waals surface area contributed by atoms with Crippen molar-refractivity contribution >= 4 is 33.1 Å². The van der Waals surface area contributed by atoms with Crippen molar-refractivity contribution in [1.82, 2.24) is 0 Å². The number of benzene rings is 1. The van der Waals surface area contributed by atoms with Crippen molar-refractivity contribution in [2.45, 2.75) is 19.8 Å². The van der Waals surface area contributed by atoms with Crippen molar-refractivity contribution in [2.24, 2.45) is 11.7 Å². The molecule has 1 nitrogen and oxygen atoms in total. The summed E-state index contributed by atoms with van der Waals surface area (Å²) in [6.45, 7) is 4.21. The normalized spacial score (nSPS) is 14.8. The third-order valence-corrected chi connectivity index (χ3v) is 3.44. The second-order valence-electron chi connectivity index (χ2n) is 3.53. The molecule has 1 rings (SSSR count). The third kappa shape index (κ3) is 2.79. The van der Waals surface area contributed by atoms with Crippen LogP contribution in [-0.2, 0) is 0 Å². The molecular formula is C11H14BrNS. The molecule has 1 aromatic carbocycles. The number of hydrogen-bond acceptors (Lipinski definition) is 1. The van der Waals surface area contributed by atoms with Crippen LogP contribution in [0.2, 0.25) is 0 Å². The third-order valence-electron chi connectivity index (χ3n) is 2.57. The number of hydrogen-bond donors (Lipinski definition) is 1. The lowest BCUT2D eigenvalue weighted by Crippen LogP contribution is -2.23. The molecule has 0 spiro atoms. The highest BCUT2D eigenvalue weighted by Gasteiger charge is 2.16. The van der Waals surface area contributed by atoms with Gasteiger partial charge in [0.1, 0.15) is 0 Å². The summed E-state index contributed by atoms with van der Waals surface area (Å²) in [5.74, 6) is 0.601. The summed E-state index contributed by atoms with van der Waals surface area (Å²) in [7, 11) is 0. The first kappa shape index (κ1) is 11.7. The molecule has 3 heteroatoms. The van der Waals surface area contributed by atoms with E-state index in [0.29, 0.717) is 10.9 Å². The zero-order chi connectivity index (χ0) is 10.7. The highest BCUT2D eigenvalue weighted by atomic mass is 79.9. The lowest BCUT2D eigenvalue weighted by molar-refractivity contribution is 0.626. The van der Waals surface area contributed by atoms with Crippen LogP contribution in [0.5, 0.6) is 0 Å². The molecule has 0 bridgehead atoms. The molecule has 0 fully saturated rings. The first-order valence-electron chi connectivity index (χ1n) is 4.57. The van der Waals surface area contributed by atoms with Gasteiger partial charge in [-0.15, -0.1) is 0 Å². The number of rotatable bonds is 3. The molecular weight excluding hydrogens is 258 g/mol. The van der Waals surface area contributed by atoms with Crippen LogP contribution in [0.3, 0.4) is 0 Å². The first-order chi connectivity index (χ1) is 6.52. The van der Waals surface area contributed by atoms with Gasteiger partial charge in [0.2, 0.25) is 0 Å². The summed E-state index contributed by atoms with van der Waals surface area (Å²) in [6.07, 6.45) is 0. The van der Waals surface area contributed by atoms with Crippen LogP contribution < -0.4 is 5.73 Å². The minimum Gasteiger partial charge on any atom is -0.393 e. The van der Waals surface area contributed by atoms with Gasteiger partial charge in [0.15, 0.2) is 0 Å². The molecule has 1 aromatic rings. The molecule has 2 atom stereocenters. The predicted molar refractivity (Wildman–Crippen MR) is 68.5 cm³/mol. The van der Waals surface area contributed by atoms with Crippen molar-refractivity contribution in [2.75, 3.05) is 0 Å². The van der Waals surface area contributed by atoms with Gasteiger partial charge in [0.25, 0.3) is 0 Å². The monoisotopic (exact) mass is 271 g/mol. The van der Waals surface area contributed by atoms with Crippen molar-refractivity contribution in [3.8, 4) is 0 Å². The summed E-state index contributed by atoms with van der Waals surface area (Å²) >= 11 is 8.45. The maximum atomic E-state index is 5.63. The molecule has 0 aromatic heterocycles. The van der Waals surface area contributed by atoms with E-state index in [1.165, 1.54) is 5.56 Å². The molecule has 2 unspecified atom stereocenters. The van der Waals surface area contributed by atoms with Gasteiger partial charge < -0.3 is 5.73 Å². The highest BCUT2D eigenvalue weighted by molar-refractivity contribution is 9.10. The fraction of sp³-hybridized carbons (Fsp3) is 0.364. The minimum absolute atomic E-state index is 0.235. The van der Waals surface area contributed by atoms with E-state index in [1.54, 1.807) is 0 Å². The average Bonchev–Trinajstić information content (AvgIpc) is 2.15. The molecule has 0 aliphatic heterocycles. The zero-order valence-electron chi connectivity index (χ0n) is 8.33. The molecule has 0 amide bonds. The second-order valence-corrected chi connectivity index (χ2v) is 4.92. The van der Waals surface area contributed by atoms with Gasteiger partial charge >= 0.3 is 0 Å². The summed E-state index contributed by atoms with van der Waals surface area (Å²) < 4.78 is 1.09. The lowest BCUT2D eigenvalue weighted by Gasteiger charge is -2.19. The number of nitrogens with two attached hydrogens (primary N) is 1. The molecule has 0 aliphatic rings. The molecule has 14 heavy (non-hydrogen) atoms. The summed E-state index contributed by atoms with van der Waals surface area (Å²) in [5, 5.41) is 0. The van der Waals surface area contributed by atoms with Crippen LogP contribution in [0.1, 0.15) is 25.3 Å². The Morgan fingerprint density at radius 3 is 2.57 bits per heavy atom. The van der Waals surface area contributed by atoms with E-state index in [1.807, 2.05) is 12.1 Å². The van der Waals surface area contributed by atoms with E-state index in [2.05, 4.69) is 41.9 Å². The van der Waals surface area contributed by atoms with Crippen molar-refractivity contribution in [3.63, 3.8) is 0 Å². The molecule has 76 valence electrons. The fourth-order valence-corrected chi connectivity index (χ4v) is 1.95. The zero-order valence-corrected chi connectivity index (χ0v) is 10.7. The van der Waals surface area contributed by atoms with E-state index >= 15 is 0 Å². The van der Waals surface area contributed by atoms with E-state index in [0.717, 1.165) is 4.47 Å². The Morgan fingerprint density at radius 2 is 2.07 bits per heavy atom. The topological polar surface area (TPSA) is 26.0 Å². The van der Waals surface area contributed by atoms with E-state index in [-0.39, 0.29) is 5.92 Å². The highest BCUT2D eigenvalue weighted by Crippen LogP contribution is 2.26. The number of thiocarbonyl (C=S) groups is 1. The second kappa shape index (κ2) is 4.89. The van der Waals surface area contributed by atoms with Gasteiger partial charge in [-0.25, -0.2) is 0 Å². The molecule has 0 aliphatic carbocycles. The number of halogens is 1. The smallest absolute Gasteiger partial charge is 0.0761 e. The minimum atomic E-state index is 0.235. The standard InChI is InChI=1S/C11H14BrNS/c1-7(8(2)11(13)14)9-4-3-5-10(12)6-9/h3-8H,1-2H3,(H2,13,14). The summed E-state index contributed by atoms with van der Waals surface area (Å²) in [4.78, 5) is 0.581. The van der Waals surface area contributed by atoms with Gasteiger partial charge in [-0.1, -0.05) is 54.1 Å². The Balaban J connectivity index is 2.89. The van der Waals surface area contributed by atoms with Gasteiger partial charge in [0, 0.05) is 10.4 Å². The predicted octanol–water partition coefficient (Wildman–Crippen LogP) is 3.47. The SMILES string of the molecule is CC(C(N)=S)C(C)c1cccc(Br)c1. The molecule has 0 heterocycles. The van der Waals surface area contributed by atoms with Crippen LogP contribution >= 0.6 is 28.1 Å². The fourth-order valence-electron chi connectivity index (χ4n) is 1.32. The molecule has 2 N–H and O–H groups in total. The molecule has 0 saturated heterocycles. The van der Waals surface area contributed by atoms with Gasteiger partial charge in [0.05, 0.1) is 4.99 Å². The summed E-state index contributed by atoms with van der Waals surface area (Å²) in [6, 6.07) is 8.26. The maximum absolute atomic E-state index is 5.63. The largest absolute Gasteiger partial charge is 0.393 e. The van der Waals surface area contributed by atoms with Crippen LogP contribution in [0.4, 0.5) is 0 Å². The molecule has 0 saturated carbocycles. The Morgan fingerprint density at radius 1 is 1.43 bits per heavy atom. The van der Waals surface area contributed by atoms with Crippen LogP contribution in [0, 0.1) is 5.92 Å². The first-order valence-corrected chi connectivity index (χ1v) is 5.77. The van der Waals surface area contributed by atoms with E-state index < -0.39 is 0 Å². The van der Waals surface area contributed by atoms with Crippen molar-refractivity contribution < 1.29 is 0 Å². The lowest BCUT2D eigenvalue weighted by atomic mass is 9.89. The Bertz CT molecular complexity index is 338. The Kier molecular flexibility index (Phi) is 4.08. The Hall–Kier alpha value is -0.410. The van der Waals surface area contributed by atoms with E-state index in [4.69, 9.17) is 18.0 Å². The van der Waals surface area contributed by atoms with Gasteiger partial charge in [-0.2, -0.15) is 0 Å². The van der Waals surface area contributed by atoms with Crippen molar-refractivity contribution in [1.29, 1.82) is 0 Å². The van der Waals surface area contributed by atoms with Crippen LogP contribution in [0.25, 0.3) is 0 Å². The van der Waals surface area contributed by atoms with Crippen molar-refractivity contribution in [3.05, 3.63) is 34.3 Å². The maximum Gasteiger partial charge on any atom is 0.0761 e. The van der Waals surface area contributed by atoms with Crippen LogP contribution in [-0.4, -0.2) is 4.99 Å². The quantitative estimate of drug-likeness (QED) is 0.852. The molecule has 0 radical (unpaired) electrons. The average molecular weight is 272 g/mol. The van der Waals surface area contributed by atoms with Gasteiger partial charge in [-0.3, -0.25) is 0 Å². The summed E-state index contributed by atoms with van der Waals surface area (Å²) in [5.41, 5.74) is 6.90. The van der Waals surface area contributed by atoms with Gasteiger partial charge in [-0.05, 0) is 23.6 Å². The Labute approximate surface area is 98.8 Å². The van der Waals surface area contributed by atoms with E-state index in [9.17, 15) is 0 Å². The van der Waals surface area contributed by atoms with Crippen LogP contribution in [0.15, 0.2) is 28.7 Å².